The van der Waals surface area contributed by atoms with E-state index < -0.39 is 67.4 Å². The Bertz CT molecular complexity index is 1510. The minimum atomic E-state index is -1.61. The zero-order valence-electron chi connectivity index (χ0n) is 55.0. The molecule has 1 aliphatic heterocycles. The van der Waals surface area contributed by atoms with Gasteiger partial charge in [-0.3, -0.25) is 9.59 Å². The number of carbonyl (C=O) groups is 2. The summed E-state index contributed by atoms with van der Waals surface area (Å²) >= 11 is 0. The summed E-state index contributed by atoms with van der Waals surface area (Å²) in [6.45, 7) is 5.82. The standard InChI is InChI=1S/C73H137NO10/c1-4-7-10-13-16-19-22-25-27-29-31-32-33-34-35-36-37-39-41-43-46-49-52-55-58-61-68(78)84-71-70(80)69(79)67(62-75)83-73(71)82-63-64(65(76)59-56-53-50-47-44-24-21-18-15-12-9-6-3)74-72(81)66(77)60-57-54-51-48-45-42-40-38-30-28-26-23-20-17-14-11-8-5-2/h16,19,25,27,56,59,64-67,69-71,73,75-77,79-80H,4-15,17-18,20-24,26,28-55,57-58,60-63H2,1-3H3,(H,74,81)/b19-16-,27-25-,59-56+. The molecule has 0 spiro atoms. The van der Waals surface area contributed by atoms with Gasteiger partial charge >= 0.3 is 5.97 Å². The fourth-order valence-corrected chi connectivity index (χ4v) is 11.6. The van der Waals surface area contributed by atoms with Crippen molar-refractivity contribution in [2.24, 2.45) is 0 Å². The number of rotatable bonds is 63. The molecule has 6 N–H and O–H groups in total. The van der Waals surface area contributed by atoms with Crippen molar-refractivity contribution in [3.05, 3.63) is 36.5 Å². The lowest BCUT2D eigenvalue weighted by Gasteiger charge is -2.41. The maximum atomic E-state index is 13.5. The van der Waals surface area contributed by atoms with Crippen LogP contribution in [-0.4, -0.2) is 99.6 Å². The number of hydrogen-bond acceptors (Lipinski definition) is 10. The zero-order valence-corrected chi connectivity index (χ0v) is 55.0. The largest absolute Gasteiger partial charge is 0.454 e. The zero-order chi connectivity index (χ0) is 61.0. The van der Waals surface area contributed by atoms with Crippen LogP contribution in [-0.2, 0) is 23.8 Å². The number of hydrogen-bond donors (Lipinski definition) is 6. The van der Waals surface area contributed by atoms with E-state index in [1.165, 1.54) is 244 Å². The van der Waals surface area contributed by atoms with Gasteiger partial charge in [0.15, 0.2) is 12.4 Å². The molecule has 0 radical (unpaired) electrons. The molecule has 1 amide bonds. The van der Waals surface area contributed by atoms with Gasteiger partial charge in [-0.1, -0.05) is 327 Å². The first-order valence-corrected chi connectivity index (χ1v) is 36.3. The molecule has 11 heteroatoms. The second-order valence-electron chi connectivity index (χ2n) is 25.3. The molecule has 11 nitrogen and oxygen atoms in total. The van der Waals surface area contributed by atoms with E-state index in [0.717, 1.165) is 64.2 Å². The lowest BCUT2D eigenvalue weighted by molar-refractivity contribution is -0.305. The number of carbonyl (C=O) groups excluding carboxylic acids is 2. The van der Waals surface area contributed by atoms with Gasteiger partial charge in [-0.25, -0.2) is 0 Å². The average molecular weight is 1190 g/mol. The van der Waals surface area contributed by atoms with E-state index in [9.17, 15) is 35.1 Å². The number of ether oxygens (including phenoxy) is 3. The number of amides is 1. The van der Waals surface area contributed by atoms with Crippen LogP contribution in [0.25, 0.3) is 0 Å². The van der Waals surface area contributed by atoms with E-state index in [2.05, 4.69) is 50.4 Å². The molecule has 84 heavy (non-hydrogen) atoms. The predicted molar refractivity (Wildman–Crippen MR) is 352 cm³/mol. The van der Waals surface area contributed by atoms with Gasteiger partial charge in [-0.2, -0.15) is 0 Å². The molecule has 1 fully saturated rings. The van der Waals surface area contributed by atoms with Crippen molar-refractivity contribution >= 4 is 11.9 Å². The van der Waals surface area contributed by atoms with Crippen molar-refractivity contribution in [3.8, 4) is 0 Å². The van der Waals surface area contributed by atoms with E-state index in [-0.39, 0.29) is 13.0 Å². The highest BCUT2D eigenvalue weighted by atomic mass is 16.7. The molecular weight excluding hydrogens is 1050 g/mol. The molecule has 0 aliphatic carbocycles. The lowest BCUT2D eigenvalue weighted by atomic mass is 9.99. The Morgan fingerprint density at radius 1 is 0.464 bits per heavy atom. The van der Waals surface area contributed by atoms with Crippen LogP contribution in [0.4, 0.5) is 0 Å². The van der Waals surface area contributed by atoms with Crippen LogP contribution < -0.4 is 5.32 Å². The van der Waals surface area contributed by atoms with Crippen LogP contribution in [0.5, 0.6) is 0 Å². The Morgan fingerprint density at radius 2 is 0.821 bits per heavy atom. The van der Waals surface area contributed by atoms with Gasteiger partial charge in [0.25, 0.3) is 0 Å². The third-order valence-electron chi connectivity index (χ3n) is 17.3. The molecule has 0 bridgehead atoms. The summed E-state index contributed by atoms with van der Waals surface area (Å²) in [5, 5.41) is 57.2. The summed E-state index contributed by atoms with van der Waals surface area (Å²) in [7, 11) is 0. The Labute approximate surface area is 517 Å². The van der Waals surface area contributed by atoms with Crippen molar-refractivity contribution in [2.75, 3.05) is 13.2 Å². The number of esters is 1. The second kappa shape index (κ2) is 61.1. The van der Waals surface area contributed by atoms with Crippen LogP contribution in [0, 0.1) is 0 Å². The third kappa shape index (κ3) is 47.9. The van der Waals surface area contributed by atoms with Gasteiger partial charge in [-0.15, -0.1) is 0 Å². The van der Waals surface area contributed by atoms with Crippen molar-refractivity contribution in [1.82, 2.24) is 5.32 Å². The maximum Gasteiger partial charge on any atom is 0.306 e. The normalized spacial score (nSPS) is 18.6. The number of unbranched alkanes of at least 4 members (excludes halogenated alkanes) is 45. The number of aliphatic hydroxyl groups excluding tert-OH is 5. The summed E-state index contributed by atoms with van der Waals surface area (Å²) < 4.78 is 17.7. The Hall–Kier alpha value is -2.12. The molecule has 0 aromatic rings. The van der Waals surface area contributed by atoms with E-state index in [0.29, 0.717) is 19.3 Å². The van der Waals surface area contributed by atoms with Crippen LogP contribution in [0.2, 0.25) is 0 Å². The van der Waals surface area contributed by atoms with Crippen molar-refractivity contribution < 1.29 is 49.3 Å². The summed E-state index contributed by atoms with van der Waals surface area (Å²) in [5.74, 6) is -1.18. The summed E-state index contributed by atoms with van der Waals surface area (Å²) in [4.78, 5) is 26.7. The summed E-state index contributed by atoms with van der Waals surface area (Å²) in [5.41, 5.74) is 0. The molecule has 1 aliphatic rings. The predicted octanol–water partition coefficient (Wildman–Crippen LogP) is 18.6. The highest BCUT2D eigenvalue weighted by Gasteiger charge is 2.47. The highest BCUT2D eigenvalue weighted by molar-refractivity contribution is 5.80. The first kappa shape index (κ1) is 79.9. The van der Waals surface area contributed by atoms with Crippen LogP contribution in [0.3, 0.4) is 0 Å². The van der Waals surface area contributed by atoms with Crippen molar-refractivity contribution in [2.45, 2.75) is 404 Å². The highest BCUT2D eigenvalue weighted by Crippen LogP contribution is 2.26. The molecule has 0 saturated carbocycles. The molecule has 0 aromatic carbocycles. The van der Waals surface area contributed by atoms with Gasteiger partial charge in [-0.05, 0) is 57.8 Å². The van der Waals surface area contributed by atoms with Crippen molar-refractivity contribution in [3.63, 3.8) is 0 Å². The third-order valence-corrected chi connectivity index (χ3v) is 17.3. The maximum absolute atomic E-state index is 13.5. The quantitative estimate of drug-likeness (QED) is 0.0195. The first-order chi connectivity index (χ1) is 41.2. The number of allylic oxidation sites excluding steroid dienone is 5. The summed E-state index contributed by atoms with van der Waals surface area (Å²) in [6, 6.07) is -1.02. The van der Waals surface area contributed by atoms with Crippen molar-refractivity contribution in [1.29, 1.82) is 0 Å². The van der Waals surface area contributed by atoms with Crippen LogP contribution in [0.1, 0.15) is 355 Å². The fraction of sp³-hybridized carbons (Fsp3) is 0.890. The van der Waals surface area contributed by atoms with Crippen LogP contribution in [0.15, 0.2) is 36.5 Å². The Balaban J connectivity index is 2.54. The Morgan fingerprint density at radius 3 is 1.24 bits per heavy atom. The lowest BCUT2D eigenvalue weighted by Crippen LogP contribution is -2.61. The smallest absolute Gasteiger partial charge is 0.306 e. The molecule has 8 atom stereocenters. The minimum absolute atomic E-state index is 0.127. The number of aliphatic hydroxyl groups is 5. The van der Waals surface area contributed by atoms with E-state index >= 15 is 0 Å². The van der Waals surface area contributed by atoms with Gasteiger partial charge in [0.2, 0.25) is 5.91 Å². The Kier molecular flexibility index (Phi) is 58.1. The fourth-order valence-electron chi connectivity index (χ4n) is 11.6. The minimum Gasteiger partial charge on any atom is -0.454 e. The molecule has 0 aromatic heterocycles. The van der Waals surface area contributed by atoms with E-state index in [1.54, 1.807) is 6.08 Å². The molecule has 1 heterocycles. The van der Waals surface area contributed by atoms with Gasteiger partial charge in [0.1, 0.15) is 24.4 Å². The first-order valence-electron chi connectivity index (χ1n) is 36.3. The topological polar surface area (TPSA) is 175 Å². The average Bonchev–Trinajstić information content (AvgIpc) is 3.69. The molecular formula is C73H137NO10. The molecule has 8 unspecified atom stereocenters. The second-order valence-corrected chi connectivity index (χ2v) is 25.3. The van der Waals surface area contributed by atoms with E-state index in [4.69, 9.17) is 14.2 Å². The molecule has 1 rings (SSSR count). The summed E-state index contributed by atoms with van der Waals surface area (Å²) in [6.07, 6.45) is 64.7. The van der Waals surface area contributed by atoms with Gasteiger partial charge < -0.3 is 45.1 Å². The van der Waals surface area contributed by atoms with E-state index in [1.807, 2.05) is 6.08 Å². The van der Waals surface area contributed by atoms with Crippen LogP contribution >= 0.6 is 0 Å². The van der Waals surface area contributed by atoms with Gasteiger partial charge in [0.05, 0.1) is 25.4 Å². The van der Waals surface area contributed by atoms with Gasteiger partial charge in [0, 0.05) is 6.42 Å². The number of nitrogens with one attached hydrogen (secondary N) is 1. The SMILES string of the molecule is CCCCC/C=C\C/C=C\CCCCCCCCCCCCCCCCCC(=O)OC1C(OCC(NC(=O)C(O)CCCCCCCCCCCCCCCCCCCC)C(O)/C=C/CCCCCCCCCCCC)OC(CO)C(O)C1O. The molecule has 494 valence electrons. The monoisotopic (exact) mass is 1190 g/mol. The molecule has 1 saturated heterocycles.